The molecule has 23 aromatic rings. The van der Waals surface area contributed by atoms with Crippen molar-refractivity contribution in [3.63, 3.8) is 0 Å². The fraction of sp³-hybridized carbons (Fsp3) is 0.00870. The molecule has 19 aromatic carbocycles. The summed E-state index contributed by atoms with van der Waals surface area (Å²) in [5, 5.41) is 9.42. The highest BCUT2D eigenvalue weighted by atomic mass is 16.3. The first kappa shape index (κ1) is 70.4. The molecule has 0 fully saturated rings. The number of benzene rings is 19. The van der Waals surface area contributed by atoms with Crippen LogP contribution in [0.15, 0.2) is 470 Å². The maximum absolute atomic E-state index is 6.24. The number of rotatable bonds is 14. The van der Waals surface area contributed by atoms with Crippen LogP contribution >= 0.6 is 0 Å². The summed E-state index contributed by atoms with van der Waals surface area (Å²) in [5.41, 5.74) is 33.6. The van der Waals surface area contributed by atoms with Crippen LogP contribution in [-0.2, 0) is 5.41 Å². The first-order chi connectivity index (χ1) is 60.0. The second kappa shape index (κ2) is 29.3. The number of hydrogen-bond acceptors (Lipinski definition) is 4. The van der Waals surface area contributed by atoms with Gasteiger partial charge in [-0.3, -0.25) is 0 Å². The SMILES string of the molecule is c1ccc(N(c2cccc(-c3cccc(-c4ccc5c6ccccc6n(-c6ccc7oc8ccccc8c7c6)c5c4)c3)c2)c2ccc3c(c2)C(c2ccccc2)(c2ccccc2)c2ccccc2-3)cc1.c1ccc(N(c2ccccc2)c2cccc(-c3cccc(-c4ccc5c6ccccc6n(-c6ccc7oc8ccccc8c7c6)c5c4)c3)c2)cc1. The van der Waals surface area contributed by atoms with E-state index in [0.717, 1.165) is 117 Å². The van der Waals surface area contributed by atoms with Gasteiger partial charge in [-0.15, -0.1) is 0 Å². The van der Waals surface area contributed by atoms with E-state index in [0.29, 0.717) is 0 Å². The summed E-state index contributed by atoms with van der Waals surface area (Å²) in [6.07, 6.45) is 0. The van der Waals surface area contributed by atoms with E-state index in [1.165, 1.54) is 93.7 Å². The van der Waals surface area contributed by atoms with Crippen molar-refractivity contribution < 1.29 is 8.83 Å². The molecule has 6 heteroatoms. The third-order valence-corrected chi connectivity index (χ3v) is 24.6. The molecule has 568 valence electrons. The van der Waals surface area contributed by atoms with Gasteiger partial charge in [0.05, 0.1) is 27.5 Å². The lowest BCUT2D eigenvalue weighted by atomic mass is 9.67. The minimum absolute atomic E-state index is 0.505. The highest BCUT2D eigenvalue weighted by Crippen LogP contribution is 2.58. The zero-order valence-electron chi connectivity index (χ0n) is 66.0. The Hall–Kier alpha value is -16.0. The number of hydrogen-bond donors (Lipinski definition) is 0. The van der Waals surface area contributed by atoms with Gasteiger partial charge in [0.25, 0.3) is 0 Å². The number of para-hydroxylation sites is 7. The summed E-state index contributed by atoms with van der Waals surface area (Å²) < 4.78 is 17.2. The molecule has 0 unspecified atom stereocenters. The van der Waals surface area contributed by atoms with Gasteiger partial charge >= 0.3 is 0 Å². The molecule has 4 heterocycles. The summed E-state index contributed by atoms with van der Waals surface area (Å²) in [5.74, 6) is 0. The van der Waals surface area contributed by atoms with Crippen molar-refractivity contribution in [3.8, 4) is 67.0 Å². The zero-order chi connectivity index (χ0) is 79.9. The van der Waals surface area contributed by atoms with Crippen molar-refractivity contribution in [1.82, 2.24) is 9.13 Å². The van der Waals surface area contributed by atoms with Crippen molar-refractivity contribution in [2.75, 3.05) is 9.80 Å². The van der Waals surface area contributed by atoms with Crippen molar-refractivity contribution >= 4 is 122 Å². The molecule has 0 spiro atoms. The van der Waals surface area contributed by atoms with Crippen LogP contribution in [-0.4, -0.2) is 9.13 Å². The van der Waals surface area contributed by atoms with Gasteiger partial charge in [0.15, 0.2) is 0 Å². The second-order valence-electron chi connectivity index (χ2n) is 31.4. The minimum Gasteiger partial charge on any atom is -0.456 e. The molecule has 1 aliphatic rings. The topological polar surface area (TPSA) is 42.6 Å². The van der Waals surface area contributed by atoms with Gasteiger partial charge in [0.1, 0.15) is 22.3 Å². The normalized spacial score (nSPS) is 12.2. The number of fused-ring (bicyclic) bond motifs is 15. The van der Waals surface area contributed by atoms with Crippen LogP contribution < -0.4 is 9.80 Å². The van der Waals surface area contributed by atoms with Crippen LogP contribution in [0.5, 0.6) is 0 Å². The maximum atomic E-state index is 6.24. The fourth-order valence-electron chi connectivity index (χ4n) is 19.2. The lowest BCUT2D eigenvalue weighted by Gasteiger charge is -2.35. The average Bonchev–Trinajstić information content (AvgIpc) is 1.55. The summed E-state index contributed by atoms with van der Waals surface area (Å²) in [4.78, 5) is 4.72. The molecule has 0 saturated heterocycles. The summed E-state index contributed by atoms with van der Waals surface area (Å²) in [7, 11) is 0. The summed E-state index contributed by atoms with van der Waals surface area (Å²) in [6.45, 7) is 0. The Morgan fingerprint density at radius 2 is 0.512 bits per heavy atom. The first-order valence-electron chi connectivity index (χ1n) is 41.4. The lowest BCUT2D eigenvalue weighted by molar-refractivity contribution is 0.668. The second-order valence-corrected chi connectivity index (χ2v) is 31.4. The Morgan fingerprint density at radius 3 is 0.975 bits per heavy atom. The van der Waals surface area contributed by atoms with Gasteiger partial charge in [-0.2, -0.15) is 0 Å². The molecule has 121 heavy (non-hydrogen) atoms. The van der Waals surface area contributed by atoms with E-state index in [1.807, 2.05) is 24.3 Å². The van der Waals surface area contributed by atoms with E-state index in [1.54, 1.807) is 0 Å². The van der Waals surface area contributed by atoms with E-state index in [4.69, 9.17) is 8.83 Å². The van der Waals surface area contributed by atoms with Gasteiger partial charge < -0.3 is 27.8 Å². The predicted molar refractivity (Wildman–Crippen MR) is 505 cm³/mol. The molecular formula is C115H76N4O2. The number of anilines is 6. The van der Waals surface area contributed by atoms with E-state index in [-0.39, 0.29) is 0 Å². The van der Waals surface area contributed by atoms with Gasteiger partial charge in [-0.25, -0.2) is 0 Å². The van der Waals surface area contributed by atoms with E-state index < -0.39 is 5.41 Å². The van der Waals surface area contributed by atoms with E-state index in [2.05, 4.69) is 456 Å². The van der Waals surface area contributed by atoms with Gasteiger partial charge in [0, 0.05) is 88.6 Å². The molecule has 0 radical (unpaired) electrons. The summed E-state index contributed by atoms with van der Waals surface area (Å²) >= 11 is 0. The number of furan rings is 2. The van der Waals surface area contributed by atoms with Crippen molar-refractivity contribution in [1.29, 1.82) is 0 Å². The highest BCUT2D eigenvalue weighted by molar-refractivity contribution is 6.14. The molecule has 0 atom stereocenters. The maximum Gasteiger partial charge on any atom is 0.135 e. The Balaban J connectivity index is 0.000000148. The number of aromatic nitrogens is 2. The van der Waals surface area contributed by atoms with Crippen LogP contribution in [0.2, 0.25) is 0 Å². The third kappa shape index (κ3) is 12.0. The Bertz CT molecular complexity index is 7840. The van der Waals surface area contributed by atoms with Crippen LogP contribution in [0.25, 0.3) is 154 Å². The van der Waals surface area contributed by atoms with Gasteiger partial charge in [0.2, 0.25) is 0 Å². The molecule has 0 amide bonds. The Morgan fingerprint density at radius 1 is 0.182 bits per heavy atom. The minimum atomic E-state index is -0.505. The molecule has 0 bridgehead atoms. The molecular weight excluding hydrogens is 1470 g/mol. The monoisotopic (exact) mass is 1540 g/mol. The van der Waals surface area contributed by atoms with Crippen LogP contribution in [0.4, 0.5) is 34.1 Å². The lowest BCUT2D eigenvalue weighted by Crippen LogP contribution is -2.28. The van der Waals surface area contributed by atoms with Crippen LogP contribution in [0, 0.1) is 0 Å². The molecule has 0 N–H and O–H groups in total. The van der Waals surface area contributed by atoms with Crippen molar-refractivity contribution in [3.05, 3.63) is 483 Å². The van der Waals surface area contributed by atoms with Crippen molar-refractivity contribution in [2.45, 2.75) is 5.41 Å². The molecule has 4 aromatic heterocycles. The van der Waals surface area contributed by atoms with Gasteiger partial charge in [-0.05, 0) is 236 Å². The quantitative estimate of drug-likeness (QED) is 0.109. The zero-order valence-corrected chi connectivity index (χ0v) is 66.0. The average molecular weight is 1550 g/mol. The molecule has 0 saturated carbocycles. The van der Waals surface area contributed by atoms with Crippen LogP contribution in [0.1, 0.15) is 22.3 Å². The fourth-order valence-corrected chi connectivity index (χ4v) is 19.2. The predicted octanol–water partition coefficient (Wildman–Crippen LogP) is 31.3. The third-order valence-electron chi connectivity index (χ3n) is 24.6. The van der Waals surface area contributed by atoms with E-state index in [9.17, 15) is 0 Å². The van der Waals surface area contributed by atoms with Crippen molar-refractivity contribution in [2.24, 2.45) is 0 Å². The molecule has 1 aliphatic carbocycles. The summed E-state index contributed by atoms with van der Waals surface area (Å²) in [6, 6.07) is 167. The molecule has 6 nitrogen and oxygen atoms in total. The van der Waals surface area contributed by atoms with Gasteiger partial charge in [-0.1, -0.05) is 303 Å². The Labute approximate surface area is 700 Å². The standard InChI is InChI=1S/C67H44N2O.C48H32N2O/c1-4-21-49(22-5-1)67(50-23-6-2-7-24-50)61-31-13-10-28-55(61)56-38-35-54(44-62(56)67)68(51-25-8-3-9-26-51)52-27-17-20-47(41-52)45-18-16-19-46(40-45)48-34-37-58-57-29-11-14-32-63(57)69(64(58)42-48)53-36-39-66-60(43-53)59-30-12-15-33-65(59)70-66;1-3-16-37(17-4-1)49(38-18-5-2-6-19-38)39-20-12-15-35(30-39)33-13-11-14-34(29-33)36-25-27-42-41-21-7-9-23-45(41)50(46(42)31-36)40-26-28-48-44(32-40)43-22-8-10-24-47(43)51-48/h1-44H;1-32H. The van der Waals surface area contributed by atoms with Crippen LogP contribution in [0.3, 0.4) is 0 Å². The molecule has 0 aliphatic heterocycles. The smallest absolute Gasteiger partial charge is 0.135 e. The van der Waals surface area contributed by atoms with E-state index >= 15 is 0 Å². The Kier molecular flexibility index (Phi) is 17.0. The number of nitrogens with zero attached hydrogens (tertiary/aromatic N) is 4. The first-order valence-corrected chi connectivity index (χ1v) is 41.4. The highest BCUT2D eigenvalue weighted by Gasteiger charge is 2.46. The largest absolute Gasteiger partial charge is 0.456 e. The molecule has 24 rings (SSSR count).